The van der Waals surface area contributed by atoms with Crippen LogP contribution in [0.3, 0.4) is 0 Å². The van der Waals surface area contributed by atoms with Crippen molar-refractivity contribution in [3.8, 4) is 11.5 Å². The highest BCUT2D eigenvalue weighted by atomic mass is 16.7. The van der Waals surface area contributed by atoms with Crippen LogP contribution in [0.4, 0.5) is 0 Å². The van der Waals surface area contributed by atoms with Crippen LogP contribution in [0.1, 0.15) is 12.5 Å². The molecule has 0 fully saturated rings. The summed E-state index contributed by atoms with van der Waals surface area (Å²) in [5.41, 5.74) is 1.09. The first-order valence-electron chi connectivity index (χ1n) is 8.31. The lowest BCUT2D eigenvalue weighted by atomic mass is 10.2. The largest absolute Gasteiger partial charge is 0.454 e. The Morgan fingerprint density at radius 3 is 2.88 bits per heavy atom. The molecule has 0 aromatic heterocycles. The van der Waals surface area contributed by atoms with Crippen LogP contribution in [0.25, 0.3) is 0 Å². The molecule has 1 aliphatic heterocycles. The molecule has 1 aromatic carbocycles. The maximum Gasteiger partial charge on any atom is 0.231 e. The predicted molar refractivity (Wildman–Crippen MR) is 94.8 cm³/mol. The number of aliphatic imine (C=N–C) groups is 1. The zero-order valence-electron chi connectivity index (χ0n) is 14.8. The summed E-state index contributed by atoms with van der Waals surface area (Å²) in [7, 11) is 3.80. The molecule has 0 saturated carbocycles. The molecule has 0 saturated heterocycles. The van der Waals surface area contributed by atoms with Crippen LogP contribution in [0.15, 0.2) is 23.2 Å². The molecular formula is C17H28N4O3. The number of guanidine groups is 1. The zero-order valence-corrected chi connectivity index (χ0v) is 14.8. The Balaban J connectivity index is 1.81. The summed E-state index contributed by atoms with van der Waals surface area (Å²) < 4.78 is 15.8. The van der Waals surface area contributed by atoms with Crippen molar-refractivity contribution >= 4 is 5.96 Å². The first-order valence-corrected chi connectivity index (χ1v) is 8.31. The number of fused-ring (bicyclic) bond motifs is 1. The number of nitrogens with zero attached hydrogens (tertiary/aromatic N) is 2. The molecule has 0 radical (unpaired) electrons. The van der Waals surface area contributed by atoms with Gasteiger partial charge < -0.3 is 29.7 Å². The first-order chi connectivity index (χ1) is 11.7. The summed E-state index contributed by atoms with van der Waals surface area (Å²) in [5, 5.41) is 6.61. The molecule has 2 N–H and O–H groups in total. The highest BCUT2D eigenvalue weighted by Gasteiger charge is 2.12. The van der Waals surface area contributed by atoms with Crippen molar-refractivity contribution in [3.63, 3.8) is 0 Å². The van der Waals surface area contributed by atoms with E-state index in [1.807, 2.05) is 18.2 Å². The SMILES string of the molecule is CCNC(=NCc1ccc2c(c1)OCO2)NCCN(C)CCOC. The van der Waals surface area contributed by atoms with E-state index in [1.165, 1.54) is 0 Å². The second-order valence-corrected chi connectivity index (χ2v) is 5.61. The van der Waals surface area contributed by atoms with Crippen LogP contribution in [-0.2, 0) is 11.3 Å². The average molecular weight is 336 g/mol. The van der Waals surface area contributed by atoms with Gasteiger partial charge in [-0.2, -0.15) is 0 Å². The summed E-state index contributed by atoms with van der Waals surface area (Å²) in [4.78, 5) is 6.84. The van der Waals surface area contributed by atoms with E-state index in [2.05, 4.69) is 34.5 Å². The number of nitrogens with one attached hydrogen (secondary N) is 2. The molecule has 0 atom stereocenters. The second-order valence-electron chi connectivity index (χ2n) is 5.61. The molecule has 7 nitrogen and oxygen atoms in total. The molecule has 0 amide bonds. The van der Waals surface area contributed by atoms with Crippen molar-refractivity contribution in [2.24, 2.45) is 4.99 Å². The van der Waals surface area contributed by atoms with Gasteiger partial charge in [0.25, 0.3) is 0 Å². The van der Waals surface area contributed by atoms with E-state index in [0.717, 1.165) is 55.8 Å². The van der Waals surface area contributed by atoms with Crippen molar-refractivity contribution in [1.82, 2.24) is 15.5 Å². The molecule has 7 heteroatoms. The maximum absolute atomic E-state index is 5.40. The van der Waals surface area contributed by atoms with E-state index in [9.17, 15) is 0 Å². The molecule has 24 heavy (non-hydrogen) atoms. The van der Waals surface area contributed by atoms with Crippen molar-refractivity contribution < 1.29 is 14.2 Å². The lowest BCUT2D eigenvalue weighted by molar-refractivity contribution is 0.162. The summed E-state index contributed by atoms with van der Waals surface area (Å²) in [6, 6.07) is 5.92. The lowest BCUT2D eigenvalue weighted by Crippen LogP contribution is -2.41. The molecule has 1 aromatic rings. The van der Waals surface area contributed by atoms with Gasteiger partial charge in [-0.25, -0.2) is 4.99 Å². The fourth-order valence-electron chi connectivity index (χ4n) is 2.28. The van der Waals surface area contributed by atoms with Crippen LogP contribution in [-0.4, -0.2) is 64.6 Å². The highest BCUT2D eigenvalue weighted by Crippen LogP contribution is 2.32. The predicted octanol–water partition coefficient (Wildman–Crippen LogP) is 1.05. The average Bonchev–Trinajstić information content (AvgIpc) is 3.05. The number of ether oxygens (including phenoxy) is 3. The van der Waals surface area contributed by atoms with Gasteiger partial charge in [-0.3, -0.25) is 0 Å². The van der Waals surface area contributed by atoms with Gasteiger partial charge in [-0.1, -0.05) is 6.07 Å². The molecule has 0 unspecified atom stereocenters. The Bertz CT molecular complexity index is 537. The molecule has 134 valence electrons. The van der Waals surface area contributed by atoms with Gasteiger partial charge >= 0.3 is 0 Å². The normalized spacial score (nSPS) is 13.4. The van der Waals surface area contributed by atoms with Crippen LogP contribution in [0.5, 0.6) is 11.5 Å². The number of hydrogen-bond acceptors (Lipinski definition) is 5. The summed E-state index contributed by atoms with van der Waals surface area (Å²) in [6.07, 6.45) is 0. The Morgan fingerprint density at radius 1 is 1.25 bits per heavy atom. The van der Waals surface area contributed by atoms with E-state index in [0.29, 0.717) is 13.3 Å². The van der Waals surface area contributed by atoms with E-state index >= 15 is 0 Å². The smallest absolute Gasteiger partial charge is 0.231 e. The Kier molecular flexibility index (Phi) is 7.64. The van der Waals surface area contributed by atoms with Gasteiger partial charge in [0.1, 0.15) is 0 Å². The quantitative estimate of drug-likeness (QED) is 0.519. The number of likely N-dealkylation sites (N-methyl/N-ethyl adjacent to an activating group) is 1. The third-order valence-corrected chi connectivity index (χ3v) is 3.66. The minimum atomic E-state index is 0.294. The zero-order chi connectivity index (χ0) is 17.2. The third-order valence-electron chi connectivity index (χ3n) is 3.66. The second kappa shape index (κ2) is 10.00. The third kappa shape index (κ3) is 5.90. The Morgan fingerprint density at radius 2 is 2.08 bits per heavy atom. The molecule has 0 bridgehead atoms. The molecule has 2 rings (SSSR count). The Hall–Kier alpha value is -1.99. The van der Waals surface area contributed by atoms with Gasteiger partial charge in [0.2, 0.25) is 6.79 Å². The molecule has 1 aliphatic rings. The Labute approximate surface area is 144 Å². The monoisotopic (exact) mass is 336 g/mol. The molecule has 0 spiro atoms. The fourth-order valence-corrected chi connectivity index (χ4v) is 2.28. The van der Waals surface area contributed by atoms with Gasteiger partial charge in [0, 0.05) is 33.3 Å². The number of benzene rings is 1. The first kappa shape index (κ1) is 18.4. The maximum atomic E-state index is 5.40. The number of methoxy groups -OCH3 is 1. The van der Waals surface area contributed by atoms with E-state index in [1.54, 1.807) is 7.11 Å². The molecular weight excluding hydrogens is 308 g/mol. The number of hydrogen-bond donors (Lipinski definition) is 2. The standard InChI is InChI=1S/C17H28N4O3/c1-4-18-17(19-7-8-21(2)9-10-22-3)20-12-14-5-6-15-16(11-14)24-13-23-15/h5-6,11H,4,7-10,12-13H2,1-3H3,(H2,18,19,20). The van der Waals surface area contributed by atoms with E-state index in [4.69, 9.17) is 14.2 Å². The van der Waals surface area contributed by atoms with Crippen molar-refractivity contribution in [2.45, 2.75) is 13.5 Å². The van der Waals surface area contributed by atoms with E-state index in [-0.39, 0.29) is 0 Å². The fraction of sp³-hybridized carbons (Fsp3) is 0.588. The van der Waals surface area contributed by atoms with Crippen molar-refractivity contribution in [3.05, 3.63) is 23.8 Å². The minimum absolute atomic E-state index is 0.294. The van der Waals surface area contributed by atoms with Crippen molar-refractivity contribution in [2.75, 3.05) is 53.7 Å². The van der Waals surface area contributed by atoms with Crippen LogP contribution >= 0.6 is 0 Å². The number of rotatable bonds is 9. The van der Waals surface area contributed by atoms with Crippen molar-refractivity contribution in [1.29, 1.82) is 0 Å². The van der Waals surface area contributed by atoms with Crippen LogP contribution in [0, 0.1) is 0 Å². The van der Waals surface area contributed by atoms with E-state index < -0.39 is 0 Å². The topological polar surface area (TPSA) is 67.4 Å². The summed E-state index contributed by atoms with van der Waals surface area (Å²) >= 11 is 0. The lowest BCUT2D eigenvalue weighted by Gasteiger charge is -2.17. The van der Waals surface area contributed by atoms with Crippen LogP contribution in [0.2, 0.25) is 0 Å². The van der Waals surface area contributed by atoms with Crippen LogP contribution < -0.4 is 20.1 Å². The van der Waals surface area contributed by atoms with Gasteiger partial charge in [-0.05, 0) is 31.7 Å². The molecule has 1 heterocycles. The van der Waals surface area contributed by atoms with Gasteiger partial charge in [0.15, 0.2) is 17.5 Å². The molecule has 0 aliphatic carbocycles. The summed E-state index contributed by atoms with van der Waals surface area (Å²) in [6.45, 7) is 7.19. The highest BCUT2D eigenvalue weighted by molar-refractivity contribution is 5.79. The summed E-state index contributed by atoms with van der Waals surface area (Å²) in [5.74, 6) is 2.41. The minimum Gasteiger partial charge on any atom is -0.454 e. The van der Waals surface area contributed by atoms with Gasteiger partial charge in [-0.15, -0.1) is 0 Å². The van der Waals surface area contributed by atoms with Gasteiger partial charge in [0.05, 0.1) is 13.2 Å².